The van der Waals surface area contributed by atoms with Crippen molar-refractivity contribution in [2.75, 3.05) is 29.7 Å². The Morgan fingerprint density at radius 3 is 2.55 bits per heavy atom. The van der Waals surface area contributed by atoms with Crippen LogP contribution in [-0.2, 0) is 19.4 Å². The second kappa shape index (κ2) is 7.15. The lowest BCUT2D eigenvalue weighted by Crippen LogP contribution is -2.17. The molecule has 1 heterocycles. The van der Waals surface area contributed by atoms with Crippen molar-refractivity contribution < 1.29 is 22.7 Å². The number of methoxy groups -OCH3 is 1. The number of anilines is 1. The number of rotatable bonds is 5. The minimum absolute atomic E-state index is 0.00236. The second-order valence-corrected chi connectivity index (χ2v) is 8.47. The molecule has 1 aliphatic rings. The van der Waals surface area contributed by atoms with Crippen LogP contribution in [0.2, 0.25) is 0 Å². The summed E-state index contributed by atoms with van der Waals surface area (Å²) in [6.07, 6.45) is 0.605. The molecule has 1 amide bonds. The van der Waals surface area contributed by atoms with Gasteiger partial charge in [0.2, 0.25) is 5.91 Å². The molecule has 0 saturated carbocycles. The van der Waals surface area contributed by atoms with E-state index in [4.69, 9.17) is 0 Å². The highest BCUT2D eigenvalue weighted by molar-refractivity contribution is 8.02. The van der Waals surface area contributed by atoms with Gasteiger partial charge in [0.1, 0.15) is 0 Å². The van der Waals surface area contributed by atoms with Gasteiger partial charge < -0.3 is 10.1 Å². The third-order valence-electron chi connectivity index (χ3n) is 3.23. The van der Waals surface area contributed by atoms with Crippen LogP contribution in [0.15, 0.2) is 24.3 Å². The lowest BCUT2D eigenvalue weighted by molar-refractivity contribution is -0.113. The van der Waals surface area contributed by atoms with Crippen molar-refractivity contribution in [2.24, 2.45) is 0 Å². The molecule has 1 N–H and O–H groups in total. The van der Waals surface area contributed by atoms with Crippen LogP contribution in [-0.4, -0.2) is 49.9 Å². The van der Waals surface area contributed by atoms with E-state index >= 15 is 0 Å². The summed E-state index contributed by atoms with van der Waals surface area (Å²) in [6.45, 7) is 0. The number of carbonyl (C=O) groups excluding carboxylic acids is 2. The average Bonchev–Trinajstić information content (AvgIpc) is 2.84. The van der Waals surface area contributed by atoms with Gasteiger partial charge in [0.25, 0.3) is 0 Å². The van der Waals surface area contributed by atoms with E-state index in [1.54, 1.807) is 24.3 Å². The van der Waals surface area contributed by atoms with Crippen LogP contribution >= 0.6 is 11.8 Å². The Hall–Kier alpha value is -1.54. The summed E-state index contributed by atoms with van der Waals surface area (Å²) in [5, 5.41) is 2.71. The quantitative estimate of drug-likeness (QED) is 0.811. The zero-order valence-electron chi connectivity index (χ0n) is 12.1. The molecule has 1 aromatic rings. The Morgan fingerprint density at radius 1 is 1.32 bits per heavy atom. The van der Waals surface area contributed by atoms with E-state index in [-0.39, 0.29) is 28.4 Å². The highest BCUT2D eigenvalue weighted by Crippen LogP contribution is 2.24. The number of amides is 1. The Balaban J connectivity index is 1.81. The highest BCUT2D eigenvalue weighted by atomic mass is 32.2. The molecule has 1 aromatic carbocycles. The zero-order chi connectivity index (χ0) is 16.2. The molecule has 1 fully saturated rings. The Kier molecular flexibility index (Phi) is 5.47. The molecule has 0 aliphatic carbocycles. The molecule has 0 radical (unpaired) electrons. The Labute approximate surface area is 133 Å². The first-order valence-corrected chi connectivity index (χ1v) is 9.57. The highest BCUT2D eigenvalue weighted by Gasteiger charge is 2.28. The number of ether oxygens (including phenoxy) is 1. The maximum atomic E-state index is 11.8. The molecular weight excluding hydrogens is 326 g/mol. The van der Waals surface area contributed by atoms with E-state index in [0.717, 1.165) is 0 Å². The fraction of sp³-hybridized carbons (Fsp3) is 0.429. The van der Waals surface area contributed by atoms with E-state index in [9.17, 15) is 18.0 Å². The summed E-state index contributed by atoms with van der Waals surface area (Å²) in [7, 11) is -1.61. The molecule has 6 nitrogen and oxygen atoms in total. The van der Waals surface area contributed by atoms with Crippen LogP contribution in [0.25, 0.3) is 0 Å². The maximum absolute atomic E-state index is 11.8. The van der Waals surface area contributed by atoms with E-state index in [0.29, 0.717) is 17.7 Å². The van der Waals surface area contributed by atoms with E-state index in [2.05, 4.69) is 10.1 Å². The molecule has 0 bridgehead atoms. The lowest BCUT2D eigenvalue weighted by atomic mass is 10.2. The van der Waals surface area contributed by atoms with Crippen LogP contribution in [0.5, 0.6) is 0 Å². The number of nitrogens with one attached hydrogen (secondary N) is 1. The van der Waals surface area contributed by atoms with Crippen molar-refractivity contribution in [3.05, 3.63) is 29.8 Å². The van der Waals surface area contributed by atoms with Crippen molar-refractivity contribution in [3.8, 4) is 0 Å². The number of benzene rings is 1. The van der Waals surface area contributed by atoms with Crippen LogP contribution in [0, 0.1) is 0 Å². The molecule has 8 heteroatoms. The predicted molar refractivity (Wildman–Crippen MR) is 85.9 cm³/mol. The number of hydrogen-bond donors (Lipinski definition) is 1. The first kappa shape index (κ1) is 16.8. The van der Waals surface area contributed by atoms with Crippen molar-refractivity contribution in [2.45, 2.75) is 11.7 Å². The van der Waals surface area contributed by atoms with Crippen molar-refractivity contribution in [3.63, 3.8) is 0 Å². The lowest BCUT2D eigenvalue weighted by Gasteiger charge is -2.08. The summed E-state index contributed by atoms with van der Waals surface area (Å²) in [5.74, 6) is -0.0603. The molecule has 0 spiro atoms. The first-order chi connectivity index (χ1) is 10.4. The third kappa shape index (κ3) is 4.74. The molecule has 120 valence electrons. The van der Waals surface area contributed by atoms with Gasteiger partial charge in [0, 0.05) is 10.9 Å². The van der Waals surface area contributed by atoms with Gasteiger partial charge in [0.05, 0.1) is 29.9 Å². The molecule has 1 saturated heterocycles. The summed E-state index contributed by atoms with van der Waals surface area (Å²) < 4.78 is 27.3. The fourth-order valence-corrected chi connectivity index (χ4v) is 5.53. The monoisotopic (exact) mass is 343 g/mol. The summed E-state index contributed by atoms with van der Waals surface area (Å²) in [4.78, 5) is 23.1. The number of esters is 1. The first-order valence-electron chi connectivity index (χ1n) is 6.70. The maximum Gasteiger partial charge on any atom is 0.337 e. The predicted octanol–water partition coefficient (Wildman–Crippen LogP) is 1.33. The zero-order valence-corrected chi connectivity index (χ0v) is 13.7. The standard InChI is InChI=1S/C14H17NO5S2/c1-20-14(17)10-2-4-11(5-3-10)15-13(16)8-21-12-6-7-22(18,19)9-12/h2-5,12H,6-9H2,1H3,(H,15,16)/t12-/m1/s1. The molecular formula is C14H17NO5S2. The second-order valence-electron chi connectivity index (χ2n) is 4.95. The Bertz CT molecular complexity index is 654. The molecule has 1 atom stereocenters. The summed E-state index contributed by atoms with van der Waals surface area (Å²) in [5.41, 5.74) is 0.989. The summed E-state index contributed by atoms with van der Waals surface area (Å²) >= 11 is 1.36. The van der Waals surface area contributed by atoms with Gasteiger partial charge in [-0.3, -0.25) is 4.79 Å². The van der Waals surface area contributed by atoms with E-state index in [1.165, 1.54) is 18.9 Å². The van der Waals surface area contributed by atoms with E-state index < -0.39 is 15.8 Å². The molecule has 22 heavy (non-hydrogen) atoms. The number of sulfone groups is 1. The number of carbonyl (C=O) groups is 2. The number of thioether (sulfide) groups is 1. The average molecular weight is 343 g/mol. The van der Waals surface area contributed by atoms with Crippen LogP contribution in [0.3, 0.4) is 0 Å². The van der Waals surface area contributed by atoms with Crippen LogP contribution in [0.4, 0.5) is 5.69 Å². The van der Waals surface area contributed by atoms with Gasteiger partial charge in [-0.1, -0.05) is 0 Å². The van der Waals surface area contributed by atoms with Gasteiger partial charge >= 0.3 is 5.97 Å². The smallest absolute Gasteiger partial charge is 0.337 e. The van der Waals surface area contributed by atoms with Gasteiger partial charge in [-0.2, -0.15) is 0 Å². The van der Waals surface area contributed by atoms with Gasteiger partial charge in [-0.25, -0.2) is 13.2 Å². The molecule has 0 unspecified atom stereocenters. The minimum Gasteiger partial charge on any atom is -0.465 e. The topological polar surface area (TPSA) is 89.5 Å². The SMILES string of the molecule is COC(=O)c1ccc(NC(=O)CS[C@@H]2CCS(=O)(=O)C2)cc1. The largest absolute Gasteiger partial charge is 0.465 e. The summed E-state index contributed by atoms with van der Waals surface area (Å²) in [6, 6.07) is 6.37. The molecule has 2 rings (SSSR count). The van der Waals surface area contributed by atoms with Gasteiger partial charge in [-0.05, 0) is 30.7 Å². The van der Waals surface area contributed by atoms with Crippen molar-refractivity contribution in [1.82, 2.24) is 0 Å². The third-order valence-corrected chi connectivity index (χ3v) is 6.51. The Morgan fingerprint density at radius 2 is 2.00 bits per heavy atom. The van der Waals surface area contributed by atoms with Gasteiger partial charge in [-0.15, -0.1) is 11.8 Å². The normalized spacial score (nSPS) is 19.6. The minimum atomic E-state index is -2.91. The van der Waals surface area contributed by atoms with Crippen molar-refractivity contribution in [1.29, 1.82) is 0 Å². The van der Waals surface area contributed by atoms with Crippen molar-refractivity contribution >= 4 is 39.2 Å². The number of hydrogen-bond acceptors (Lipinski definition) is 6. The van der Waals surface area contributed by atoms with Gasteiger partial charge in [0.15, 0.2) is 9.84 Å². The molecule has 1 aliphatic heterocycles. The van der Waals surface area contributed by atoms with Crippen LogP contribution < -0.4 is 5.32 Å². The fourth-order valence-electron chi connectivity index (χ4n) is 2.09. The van der Waals surface area contributed by atoms with Crippen LogP contribution in [0.1, 0.15) is 16.8 Å². The van der Waals surface area contributed by atoms with E-state index in [1.807, 2.05) is 0 Å². The molecule has 0 aromatic heterocycles.